The molecule has 0 spiro atoms. The SMILES string of the molecule is CCCCC[C@@H](O)[C@@H](CC1CC1)C(=O)O.CCCCC[C@@H](O)[C@@H](CC1CC1)C(=O)O[C@H]1Cc2ccccc2[C@H]1C.C[C@@H]1c2ccccc2C[C@@H]1OC(=O)CCC1CC1.OF.[3HH]. The number of ether oxygens (including phenoxy) is 2. The molecule has 2 aromatic rings. The lowest BCUT2D eigenvalue weighted by molar-refractivity contribution is -0.159. The van der Waals surface area contributed by atoms with E-state index in [1.54, 1.807) is 0 Å². The highest BCUT2D eigenvalue weighted by atomic mass is 19.3. The van der Waals surface area contributed by atoms with Crippen LogP contribution < -0.4 is 0 Å². The van der Waals surface area contributed by atoms with E-state index in [4.69, 9.17) is 24.4 Å². The number of fused-ring (bicyclic) bond motifs is 2. The zero-order valence-electron chi connectivity index (χ0n) is 36.8. The third-order valence-corrected chi connectivity index (χ3v) is 13.4. The van der Waals surface area contributed by atoms with Crippen LogP contribution in [0.1, 0.15) is 179 Å². The Morgan fingerprint density at radius 1 is 0.667 bits per heavy atom. The molecule has 0 saturated heterocycles. The van der Waals surface area contributed by atoms with Crippen LogP contribution in [0.4, 0.5) is 4.53 Å². The number of hydrogen-bond donors (Lipinski definition) is 4. The molecule has 3 saturated carbocycles. The van der Waals surface area contributed by atoms with Gasteiger partial charge in [0.15, 0.2) is 0 Å². The van der Waals surface area contributed by atoms with Gasteiger partial charge in [0.25, 0.3) is 0 Å². The van der Waals surface area contributed by atoms with Gasteiger partial charge in [0.1, 0.15) is 12.2 Å². The third-order valence-electron chi connectivity index (χ3n) is 13.4. The van der Waals surface area contributed by atoms with Gasteiger partial charge in [-0.15, -0.1) is 0 Å². The van der Waals surface area contributed by atoms with Crippen LogP contribution in [0.3, 0.4) is 0 Å². The minimum Gasteiger partial charge on any atom is -0.481 e. The van der Waals surface area contributed by atoms with Gasteiger partial charge in [0.05, 0.1) is 24.0 Å². The summed E-state index contributed by atoms with van der Waals surface area (Å²) in [5.41, 5.74) is 5.26. The first-order chi connectivity index (χ1) is 29.0. The molecule has 2 aromatic carbocycles. The summed E-state index contributed by atoms with van der Waals surface area (Å²) in [6, 6.07) is 16.8. The van der Waals surface area contributed by atoms with Gasteiger partial charge in [-0.05, 0) is 72.1 Å². The molecule has 7 rings (SSSR count). The molecule has 5 aliphatic carbocycles. The quantitative estimate of drug-likeness (QED) is 0.0711. The standard InChI is InChI=1S/C22H32O3.C16H20O2.C12H22O3.FHO.H2/c1-3-4-5-10-20(23)19(13-16-11-12-16)22(24)25-21-14-17-8-6-7-9-18(17)15(21)2;1-11-14-5-3-2-4-13(14)10-15(11)18-16(17)9-8-12-6-7-12;1-2-3-4-5-11(13)10(12(14)15)8-9-6-7-9;1-2;/h6-9,15-16,19-21,23H,3-5,10-14H2,1-2H3;2-5,11-12,15H,6-10H2,1H3;9-11,13H,2-8H2,1H3,(H,14,15);2H;1H/t15-,19-,20-,21+;11-,15+;10-,11-;;/m111../s1/i;;;;1+2. The van der Waals surface area contributed by atoms with Crippen LogP contribution in [0.2, 0.25) is 0 Å². The van der Waals surface area contributed by atoms with Crippen molar-refractivity contribution in [3.8, 4) is 0 Å². The Kier molecular flexibility index (Phi) is 21.0. The molecule has 8 atom stereocenters. The number of benzene rings is 2. The summed E-state index contributed by atoms with van der Waals surface area (Å²) in [5.74, 6) is 0.650. The molecular formula is C50H77FO9. The number of halogens is 1. The average molecular weight is 843 g/mol. The summed E-state index contributed by atoms with van der Waals surface area (Å²) >= 11 is 0. The molecule has 0 heterocycles. The molecule has 338 valence electrons. The summed E-state index contributed by atoms with van der Waals surface area (Å²) in [7, 11) is 0. The zero-order chi connectivity index (χ0) is 43.6. The number of unbranched alkanes of at least 4 members (excludes halogenated alkanes) is 4. The Labute approximate surface area is 360 Å². The van der Waals surface area contributed by atoms with Gasteiger partial charge >= 0.3 is 17.9 Å². The van der Waals surface area contributed by atoms with E-state index in [1.165, 1.54) is 47.9 Å². The summed E-state index contributed by atoms with van der Waals surface area (Å²) in [6.45, 7) is 8.55. The topological polar surface area (TPSA) is 151 Å². The summed E-state index contributed by atoms with van der Waals surface area (Å²) in [4.78, 5) is 35.6. The fraction of sp³-hybridized carbons (Fsp3) is 0.700. The van der Waals surface area contributed by atoms with Crippen molar-refractivity contribution in [3.63, 3.8) is 0 Å². The van der Waals surface area contributed by atoms with Crippen molar-refractivity contribution >= 4 is 17.9 Å². The lowest BCUT2D eigenvalue weighted by Crippen LogP contribution is -2.34. The fourth-order valence-corrected chi connectivity index (χ4v) is 8.86. The van der Waals surface area contributed by atoms with Crippen molar-refractivity contribution in [1.29, 1.82) is 0 Å². The second-order valence-corrected chi connectivity index (χ2v) is 18.4. The van der Waals surface area contributed by atoms with Crippen molar-refractivity contribution in [2.75, 3.05) is 0 Å². The van der Waals surface area contributed by atoms with Crippen LogP contribution in [-0.4, -0.2) is 63.0 Å². The van der Waals surface area contributed by atoms with Gasteiger partial charge in [-0.1, -0.05) is 158 Å². The predicted octanol–water partition coefficient (Wildman–Crippen LogP) is 10.6. The molecule has 9 nitrogen and oxygen atoms in total. The fourth-order valence-electron chi connectivity index (χ4n) is 8.86. The number of carbonyl (C=O) groups excluding carboxylic acids is 2. The minimum absolute atomic E-state index is 0. The predicted molar refractivity (Wildman–Crippen MR) is 234 cm³/mol. The second kappa shape index (κ2) is 25.6. The second-order valence-electron chi connectivity index (χ2n) is 18.4. The first kappa shape index (κ1) is 49.3. The van der Waals surface area contributed by atoms with E-state index in [1.807, 2.05) is 12.1 Å². The summed E-state index contributed by atoms with van der Waals surface area (Å²) < 4.78 is 20.1. The van der Waals surface area contributed by atoms with Crippen LogP contribution in [0, 0.1) is 29.6 Å². The van der Waals surface area contributed by atoms with E-state index >= 15 is 0 Å². The molecule has 5 aliphatic rings. The van der Waals surface area contributed by atoms with E-state index in [0.29, 0.717) is 43.4 Å². The highest BCUT2D eigenvalue weighted by molar-refractivity contribution is 5.74. The van der Waals surface area contributed by atoms with Crippen molar-refractivity contribution in [1.82, 2.24) is 0 Å². The van der Waals surface area contributed by atoms with Crippen molar-refractivity contribution < 1.29 is 50.4 Å². The molecule has 0 amide bonds. The summed E-state index contributed by atoms with van der Waals surface area (Å²) in [6.07, 6.45) is 18.5. The number of aliphatic carboxylic acids is 1. The highest BCUT2D eigenvalue weighted by Crippen LogP contribution is 2.40. The van der Waals surface area contributed by atoms with E-state index in [-0.39, 0.29) is 37.4 Å². The van der Waals surface area contributed by atoms with Crippen LogP contribution in [0.15, 0.2) is 48.5 Å². The maximum atomic E-state index is 12.9. The lowest BCUT2D eigenvalue weighted by Gasteiger charge is -2.25. The number of carboxylic acids is 1. The van der Waals surface area contributed by atoms with Crippen LogP contribution in [0.5, 0.6) is 0 Å². The van der Waals surface area contributed by atoms with E-state index in [0.717, 1.165) is 83.0 Å². The van der Waals surface area contributed by atoms with Crippen molar-refractivity contribution in [2.24, 2.45) is 29.6 Å². The first-order valence-corrected chi connectivity index (χ1v) is 23.3. The van der Waals surface area contributed by atoms with E-state index < -0.39 is 24.1 Å². The van der Waals surface area contributed by atoms with Crippen LogP contribution in [-0.2, 0) is 36.7 Å². The molecule has 0 bridgehead atoms. The van der Waals surface area contributed by atoms with Gasteiger partial charge < -0.3 is 24.8 Å². The molecule has 10 heteroatoms. The number of aliphatic hydroxyl groups excluding tert-OH is 2. The van der Waals surface area contributed by atoms with Crippen molar-refractivity contribution in [3.05, 3.63) is 70.8 Å². The van der Waals surface area contributed by atoms with Crippen LogP contribution in [0.25, 0.3) is 0 Å². The van der Waals surface area contributed by atoms with E-state index in [2.05, 4.69) is 64.1 Å². The molecule has 0 aliphatic heterocycles. The molecule has 4 N–H and O–H groups in total. The Balaban J connectivity index is 0.000000245. The van der Waals surface area contributed by atoms with Gasteiger partial charge in [-0.25, -0.2) is 5.31 Å². The minimum atomic E-state index is -0.828. The number of aliphatic hydroxyl groups is 2. The third kappa shape index (κ3) is 16.2. The molecular weight excluding hydrogens is 764 g/mol. The zero-order valence-corrected chi connectivity index (χ0v) is 36.8. The van der Waals surface area contributed by atoms with Gasteiger partial charge in [0, 0.05) is 32.5 Å². The largest absolute Gasteiger partial charge is 0.481 e. The Morgan fingerprint density at radius 2 is 1.10 bits per heavy atom. The number of rotatable bonds is 21. The number of carboxylic acid groups (broad SMARTS) is 1. The monoisotopic (exact) mass is 843 g/mol. The number of carbonyl (C=O) groups is 3. The molecule has 0 aromatic heterocycles. The molecule has 60 heavy (non-hydrogen) atoms. The smallest absolute Gasteiger partial charge is 0.311 e. The maximum Gasteiger partial charge on any atom is 0.311 e. The first-order valence-electron chi connectivity index (χ1n) is 23.3. The molecule has 0 unspecified atom stereocenters. The number of hydrogen-bond acceptors (Lipinski definition) is 8. The maximum absolute atomic E-state index is 12.9. The normalized spacial score (nSPS) is 23.1. The Morgan fingerprint density at radius 3 is 1.53 bits per heavy atom. The Hall–Kier alpha value is -3.34. The van der Waals surface area contributed by atoms with Gasteiger partial charge in [-0.2, -0.15) is 0 Å². The highest BCUT2D eigenvalue weighted by Gasteiger charge is 2.39. The van der Waals surface area contributed by atoms with Gasteiger partial charge in [0.2, 0.25) is 0 Å². The number of esters is 2. The Bertz CT molecular complexity index is 1590. The average Bonchev–Trinajstić information content (AvgIpc) is 4.14. The van der Waals surface area contributed by atoms with Crippen LogP contribution >= 0.6 is 0 Å². The van der Waals surface area contributed by atoms with Crippen molar-refractivity contribution in [2.45, 2.75) is 192 Å². The van der Waals surface area contributed by atoms with Gasteiger partial charge in [-0.3, -0.25) is 14.4 Å². The molecule has 0 radical (unpaired) electrons. The lowest BCUT2D eigenvalue weighted by atomic mass is 9.92. The summed E-state index contributed by atoms with van der Waals surface area (Å²) in [5, 5.41) is 34.9. The van der Waals surface area contributed by atoms with E-state index in [9.17, 15) is 24.6 Å². The molecule has 3 fully saturated rings.